The highest BCUT2D eigenvalue weighted by Crippen LogP contribution is 2.24. The lowest BCUT2D eigenvalue weighted by Gasteiger charge is -2.24. The zero-order chi connectivity index (χ0) is 11.8. The Hall–Kier alpha value is -1.27. The van der Waals surface area contributed by atoms with E-state index < -0.39 is 10.3 Å². The molecule has 1 aliphatic heterocycles. The molecule has 0 saturated heterocycles. The fourth-order valence-corrected chi connectivity index (χ4v) is 1.86. The SMILES string of the molecule is NC1=NCC(O)(Br)C(c2cccc(F)c2)=N1. The number of aliphatic hydroxyl groups is 1. The summed E-state index contributed by atoms with van der Waals surface area (Å²) in [6.07, 6.45) is 0. The molecule has 1 heterocycles. The number of alkyl halides is 1. The summed E-state index contributed by atoms with van der Waals surface area (Å²) in [5.41, 5.74) is 6.19. The lowest BCUT2D eigenvalue weighted by molar-refractivity contribution is 0.222. The fraction of sp³-hybridized carbons (Fsp3) is 0.200. The van der Waals surface area contributed by atoms with Crippen molar-refractivity contribution in [2.75, 3.05) is 6.54 Å². The van der Waals surface area contributed by atoms with Crippen LogP contribution in [-0.2, 0) is 0 Å². The second kappa shape index (κ2) is 3.95. The van der Waals surface area contributed by atoms with Crippen molar-refractivity contribution in [2.45, 2.75) is 4.51 Å². The Bertz CT molecular complexity index is 485. The van der Waals surface area contributed by atoms with Crippen molar-refractivity contribution >= 4 is 27.6 Å². The zero-order valence-electron chi connectivity index (χ0n) is 8.19. The topological polar surface area (TPSA) is 71.0 Å². The van der Waals surface area contributed by atoms with Crippen LogP contribution >= 0.6 is 15.9 Å². The van der Waals surface area contributed by atoms with Crippen LogP contribution in [0, 0.1) is 5.82 Å². The molecule has 0 aromatic heterocycles. The molecule has 0 radical (unpaired) electrons. The minimum absolute atomic E-state index is 0.0498. The van der Waals surface area contributed by atoms with Gasteiger partial charge in [-0.25, -0.2) is 14.4 Å². The Kier molecular flexibility index (Phi) is 2.77. The minimum atomic E-state index is -1.40. The van der Waals surface area contributed by atoms with Gasteiger partial charge in [0, 0.05) is 5.56 Å². The molecule has 0 aliphatic carbocycles. The molecule has 6 heteroatoms. The zero-order valence-corrected chi connectivity index (χ0v) is 9.78. The number of guanidine groups is 1. The largest absolute Gasteiger partial charge is 0.371 e. The van der Waals surface area contributed by atoms with Gasteiger partial charge in [-0.15, -0.1) is 0 Å². The number of benzene rings is 1. The van der Waals surface area contributed by atoms with Crippen molar-refractivity contribution in [3.05, 3.63) is 35.6 Å². The molecule has 1 atom stereocenters. The lowest BCUT2D eigenvalue weighted by atomic mass is 10.0. The van der Waals surface area contributed by atoms with Crippen LogP contribution in [-0.4, -0.2) is 27.8 Å². The molecule has 0 amide bonds. The third-order valence-electron chi connectivity index (χ3n) is 2.14. The van der Waals surface area contributed by atoms with Gasteiger partial charge in [0.1, 0.15) is 5.82 Å². The van der Waals surface area contributed by atoms with E-state index in [1.165, 1.54) is 18.2 Å². The second-order valence-electron chi connectivity index (χ2n) is 3.40. The number of nitrogens with two attached hydrogens (primary N) is 1. The molecular weight excluding hydrogens is 277 g/mol. The van der Waals surface area contributed by atoms with Gasteiger partial charge in [-0.2, -0.15) is 0 Å². The van der Waals surface area contributed by atoms with Crippen LogP contribution in [0.2, 0.25) is 0 Å². The highest BCUT2D eigenvalue weighted by atomic mass is 79.9. The number of rotatable bonds is 1. The third kappa shape index (κ3) is 2.12. The van der Waals surface area contributed by atoms with Gasteiger partial charge in [0.2, 0.25) is 5.96 Å². The average molecular weight is 286 g/mol. The van der Waals surface area contributed by atoms with Crippen LogP contribution in [0.25, 0.3) is 0 Å². The summed E-state index contributed by atoms with van der Waals surface area (Å²) in [6, 6.07) is 5.78. The van der Waals surface area contributed by atoms with Gasteiger partial charge in [0.25, 0.3) is 0 Å². The summed E-state index contributed by atoms with van der Waals surface area (Å²) in [6.45, 7) is 0.0498. The average Bonchev–Trinajstić information content (AvgIpc) is 2.22. The number of hydrogen-bond acceptors (Lipinski definition) is 4. The maximum Gasteiger partial charge on any atom is 0.215 e. The van der Waals surface area contributed by atoms with Crippen LogP contribution in [0.15, 0.2) is 34.3 Å². The molecule has 4 nitrogen and oxygen atoms in total. The van der Waals surface area contributed by atoms with Crippen LogP contribution < -0.4 is 5.73 Å². The Morgan fingerprint density at radius 1 is 1.50 bits per heavy atom. The van der Waals surface area contributed by atoms with Gasteiger partial charge in [-0.1, -0.05) is 12.1 Å². The molecule has 0 bridgehead atoms. The summed E-state index contributed by atoms with van der Waals surface area (Å²) in [4.78, 5) is 7.72. The first-order chi connectivity index (χ1) is 7.49. The summed E-state index contributed by atoms with van der Waals surface area (Å²) in [7, 11) is 0. The standard InChI is InChI=1S/C10H9BrFN3O/c11-10(16)5-14-9(13)15-8(10)6-2-1-3-7(12)4-6/h1-4,16H,5H2,(H2,13,14). The van der Waals surface area contributed by atoms with Gasteiger partial charge < -0.3 is 10.8 Å². The van der Waals surface area contributed by atoms with E-state index in [9.17, 15) is 9.50 Å². The monoisotopic (exact) mass is 285 g/mol. The van der Waals surface area contributed by atoms with Gasteiger partial charge in [-0.3, -0.25) is 0 Å². The molecule has 1 aromatic carbocycles. The fourth-order valence-electron chi connectivity index (χ4n) is 1.42. The highest BCUT2D eigenvalue weighted by molar-refractivity contribution is 9.10. The first kappa shape index (κ1) is 11.2. The number of aliphatic imine (C=N–C) groups is 2. The van der Waals surface area contributed by atoms with Crippen molar-refractivity contribution in [1.29, 1.82) is 0 Å². The first-order valence-corrected chi connectivity index (χ1v) is 5.35. The van der Waals surface area contributed by atoms with E-state index in [0.29, 0.717) is 5.56 Å². The molecule has 1 aromatic rings. The van der Waals surface area contributed by atoms with E-state index in [2.05, 4.69) is 25.9 Å². The number of nitrogens with zero attached hydrogens (tertiary/aromatic N) is 2. The number of hydrogen-bond donors (Lipinski definition) is 2. The van der Waals surface area contributed by atoms with Crippen LogP contribution in [0.5, 0.6) is 0 Å². The van der Waals surface area contributed by atoms with E-state index in [0.717, 1.165) is 0 Å². The highest BCUT2D eigenvalue weighted by Gasteiger charge is 2.34. The third-order valence-corrected chi connectivity index (χ3v) is 2.76. The van der Waals surface area contributed by atoms with Crippen molar-refractivity contribution in [1.82, 2.24) is 0 Å². The minimum Gasteiger partial charge on any atom is -0.371 e. The van der Waals surface area contributed by atoms with Crippen molar-refractivity contribution in [3.63, 3.8) is 0 Å². The maximum absolute atomic E-state index is 13.1. The summed E-state index contributed by atoms with van der Waals surface area (Å²) >= 11 is 3.09. The van der Waals surface area contributed by atoms with Crippen molar-refractivity contribution < 1.29 is 9.50 Å². The Morgan fingerprint density at radius 3 is 2.94 bits per heavy atom. The molecule has 1 unspecified atom stereocenters. The first-order valence-electron chi connectivity index (χ1n) is 4.55. The van der Waals surface area contributed by atoms with Gasteiger partial charge in [0.15, 0.2) is 4.51 Å². The Morgan fingerprint density at radius 2 is 2.25 bits per heavy atom. The Balaban J connectivity index is 2.49. The quantitative estimate of drug-likeness (QED) is 0.757. The molecule has 0 fully saturated rings. The molecule has 1 aliphatic rings. The smallest absolute Gasteiger partial charge is 0.215 e. The summed E-state index contributed by atoms with van der Waals surface area (Å²) in [5.74, 6) is -0.326. The van der Waals surface area contributed by atoms with E-state index >= 15 is 0 Å². The van der Waals surface area contributed by atoms with Gasteiger partial charge in [0.05, 0.1) is 12.3 Å². The van der Waals surface area contributed by atoms with E-state index in [1.807, 2.05) is 0 Å². The molecular formula is C10H9BrFN3O. The lowest BCUT2D eigenvalue weighted by Crippen LogP contribution is -2.40. The van der Waals surface area contributed by atoms with E-state index in [4.69, 9.17) is 5.73 Å². The predicted octanol–water partition coefficient (Wildman–Crippen LogP) is 1.03. The molecule has 3 N–H and O–H groups in total. The molecule has 16 heavy (non-hydrogen) atoms. The number of halogens is 2. The van der Waals surface area contributed by atoms with Crippen LogP contribution in [0.3, 0.4) is 0 Å². The second-order valence-corrected chi connectivity index (χ2v) is 4.72. The van der Waals surface area contributed by atoms with Crippen LogP contribution in [0.4, 0.5) is 4.39 Å². The molecule has 2 rings (SSSR count). The van der Waals surface area contributed by atoms with E-state index in [-0.39, 0.29) is 18.2 Å². The van der Waals surface area contributed by atoms with Crippen molar-refractivity contribution in [2.24, 2.45) is 15.7 Å². The maximum atomic E-state index is 13.1. The van der Waals surface area contributed by atoms with Gasteiger partial charge >= 0.3 is 0 Å². The molecule has 0 saturated carbocycles. The van der Waals surface area contributed by atoms with Crippen molar-refractivity contribution in [3.8, 4) is 0 Å². The summed E-state index contributed by atoms with van der Waals surface area (Å²) < 4.78 is 11.7. The summed E-state index contributed by atoms with van der Waals surface area (Å²) in [5, 5.41) is 10.00. The molecule has 0 spiro atoms. The predicted molar refractivity (Wildman–Crippen MR) is 63.3 cm³/mol. The van der Waals surface area contributed by atoms with Crippen LogP contribution in [0.1, 0.15) is 5.56 Å². The molecule has 84 valence electrons. The van der Waals surface area contributed by atoms with Gasteiger partial charge in [-0.05, 0) is 28.1 Å². The Labute approximate surface area is 99.8 Å². The van der Waals surface area contributed by atoms with E-state index in [1.54, 1.807) is 6.07 Å². The normalized spacial score (nSPS) is 24.9.